The van der Waals surface area contributed by atoms with Crippen molar-refractivity contribution in [3.63, 3.8) is 0 Å². The van der Waals surface area contributed by atoms with E-state index in [-0.39, 0.29) is 11.9 Å². The van der Waals surface area contributed by atoms with Crippen molar-refractivity contribution in [1.29, 1.82) is 0 Å². The number of methoxy groups -OCH3 is 1. The summed E-state index contributed by atoms with van der Waals surface area (Å²) < 4.78 is 10.9. The number of hydrogen-bond acceptors (Lipinski definition) is 5. The van der Waals surface area contributed by atoms with Crippen molar-refractivity contribution in [2.24, 2.45) is 0 Å². The molecule has 0 aliphatic heterocycles. The highest BCUT2D eigenvalue weighted by Crippen LogP contribution is 2.38. The third kappa shape index (κ3) is 2.76. The van der Waals surface area contributed by atoms with Crippen LogP contribution in [0, 0.1) is 6.92 Å². The van der Waals surface area contributed by atoms with Crippen molar-refractivity contribution >= 4 is 10.9 Å². The number of fused-ring (bicyclic) bond motifs is 2. The summed E-state index contributed by atoms with van der Waals surface area (Å²) in [7, 11) is 1.71. The molecule has 0 amide bonds. The second-order valence-electron chi connectivity index (χ2n) is 7.43. The first kappa shape index (κ1) is 17.7. The number of pyridine rings is 1. The molecule has 4 aromatic rings. The van der Waals surface area contributed by atoms with E-state index in [1.807, 2.05) is 31.2 Å². The van der Waals surface area contributed by atoms with Crippen LogP contribution in [-0.4, -0.2) is 22.2 Å². The fourth-order valence-corrected chi connectivity index (χ4v) is 4.22. The van der Waals surface area contributed by atoms with Crippen molar-refractivity contribution in [3.05, 3.63) is 69.8 Å². The van der Waals surface area contributed by atoms with Gasteiger partial charge in [-0.2, -0.15) is 0 Å². The average molecular weight is 388 g/mol. The number of nitrogens with one attached hydrogen (secondary N) is 1. The van der Waals surface area contributed by atoms with Crippen LogP contribution in [0.4, 0.5) is 0 Å². The van der Waals surface area contributed by atoms with Crippen LogP contribution < -0.4 is 5.43 Å². The van der Waals surface area contributed by atoms with E-state index < -0.39 is 5.43 Å². The summed E-state index contributed by atoms with van der Waals surface area (Å²) in [6, 6.07) is 9.61. The summed E-state index contributed by atoms with van der Waals surface area (Å²) in [6.07, 6.45) is 4.92. The molecule has 6 heteroatoms. The Labute approximate surface area is 166 Å². The zero-order valence-corrected chi connectivity index (χ0v) is 16.2. The van der Waals surface area contributed by atoms with Gasteiger partial charge in [-0.3, -0.25) is 4.79 Å². The normalized spacial score (nSPS) is 15.7. The van der Waals surface area contributed by atoms with Gasteiger partial charge in [0.05, 0.1) is 28.9 Å². The predicted octanol–water partition coefficient (Wildman–Crippen LogP) is 4.50. The van der Waals surface area contributed by atoms with Crippen molar-refractivity contribution in [3.8, 4) is 28.3 Å². The number of oxazole rings is 1. The van der Waals surface area contributed by atoms with Crippen molar-refractivity contribution in [2.75, 3.05) is 7.11 Å². The molecule has 2 N–H and O–H groups in total. The molecule has 0 fully saturated rings. The van der Waals surface area contributed by atoms with Gasteiger partial charge in [-0.05, 0) is 54.7 Å². The van der Waals surface area contributed by atoms with E-state index in [1.165, 1.54) is 12.0 Å². The van der Waals surface area contributed by atoms with Crippen molar-refractivity contribution < 1.29 is 14.3 Å². The number of aromatic amines is 1. The van der Waals surface area contributed by atoms with Gasteiger partial charge in [-0.1, -0.05) is 12.1 Å². The summed E-state index contributed by atoms with van der Waals surface area (Å²) in [5.74, 6) is 0.286. The number of aromatic nitrogens is 2. The Balaban J connectivity index is 1.70. The molecule has 146 valence electrons. The van der Waals surface area contributed by atoms with Crippen LogP contribution in [0.1, 0.15) is 29.2 Å². The van der Waals surface area contributed by atoms with Gasteiger partial charge in [-0.25, -0.2) is 4.98 Å². The molecule has 29 heavy (non-hydrogen) atoms. The monoisotopic (exact) mass is 388 g/mol. The van der Waals surface area contributed by atoms with E-state index in [1.54, 1.807) is 19.4 Å². The summed E-state index contributed by atoms with van der Waals surface area (Å²) in [5.41, 5.74) is 5.49. The van der Waals surface area contributed by atoms with E-state index in [4.69, 9.17) is 9.15 Å². The zero-order chi connectivity index (χ0) is 20.1. The van der Waals surface area contributed by atoms with Crippen LogP contribution in [0.2, 0.25) is 0 Å². The Bertz CT molecular complexity index is 1290. The number of hydrogen-bond donors (Lipinski definition) is 2. The molecular weight excluding hydrogens is 368 g/mol. The highest BCUT2D eigenvalue weighted by Gasteiger charge is 2.24. The minimum Gasteiger partial charge on any atom is -0.503 e. The van der Waals surface area contributed by atoms with Crippen LogP contribution in [0.3, 0.4) is 0 Å². The van der Waals surface area contributed by atoms with Crippen LogP contribution in [0.5, 0.6) is 5.75 Å². The topological polar surface area (TPSA) is 88.4 Å². The Hall–Kier alpha value is -3.38. The molecular formula is C23H20N2O4. The second-order valence-corrected chi connectivity index (χ2v) is 7.43. The Morgan fingerprint density at radius 3 is 2.90 bits per heavy atom. The number of benzene rings is 2. The average Bonchev–Trinajstić information content (AvgIpc) is 3.39. The molecule has 0 radical (unpaired) electrons. The van der Waals surface area contributed by atoms with Gasteiger partial charge in [-0.15, -0.1) is 0 Å². The maximum atomic E-state index is 13.0. The van der Waals surface area contributed by atoms with Gasteiger partial charge in [0.25, 0.3) is 0 Å². The molecule has 0 spiro atoms. The lowest BCUT2D eigenvalue weighted by atomic mass is 9.99. The van der Waals surface area contributed by atoms with E-state index >= 15 is 0 Å². The third-order valence-electron chi connectivity index (χ3n) is 5.76. The fraction of sp³-hybridized carbons (Fsp3) is 0.217. The molecule has 2 heterocycles. The number of rotatable bonds is 3. The van der Waals surface area contributed by atoms with Crippen LogP contribution >= 0.6 is 0 Å². The Morgan fingerprint density at radius 1 is 1.28 bits per heavy atom. The van der Waals surface area contributed by atoms with Gasteiger partial charge in [0.2, 0.25) is 5.43 Å². The molecule has 1 aliphatic rings. The highest BCUT2D eigenvalue weighted by atomic mass is 16.5. The summed E-state index contributed by atoms with van der Waals surface area (Å²) in [5, 5.41) is 11.1. The Morgan fingerprint density at radius 2 is 2.14 bits per heavy atom. The maximum absolute atomic E-state index is 13.0. The number of aryl methyl sites for hydroxylation is 2. The van der Waals surface area contributed by atoms with E-state index in [2.05, 4.69) is 9.97 Å². The molecule has 2 aromatic heterocycles. The summed E-state index contributed by atoms with van der Waals surface area (Å²) in [4.78, 5) is 20.2. The number of aromatic hydroxyl groups is 1. The predicted molar refractivity (Wildman–Crippen MR) is 110 cm³/mol. The molecule has 6 nitrogen and oxygen atoms in total. The van der Waals surface area contributed by atoms with E-state index in [0.29, 0.717) is 22.4 Å². The molecule has 2 aromatic carbocycles. The molecule has 0 saturated carbocycles. The van der Waals surface area contributed by atoms with Gasteiger partial charge < -0.3 is 19.2 Å². The smallest absolute Gasteiger partial charge is 0.231 e. The van der Waals surface area contributed by atoms with Gasteiger partial charge in [0.1, 0.15) is 0 Å². The number of H-pyrrole nitrogens is 1. The molecule has 1 atom stereocenters. The van der Waals surface area contributed by atoms with Crippen molar-refractivity contribution in [1.82, 2.24) is 9.97 Å². The second kappa shape index (κ2) is 6.60. The third-order valence-corrected chi connectivity index (χ3v) is 5.76. The zero-order valence-electron chi connectivity index (χ0n) is 16.2. The Kier molecular flexibility index (Phi) is 4.03. The lowest BCUT2D eigenvalue weighted by Gasteiger charge is -2.13. The summed E-state index contributed by atoms with van der Waals surface area (Å²) >= 11 is 0. The molecule has 1 unspecified atom stereocenters. The quantitative estimate of drug-likeness (QED) is 0.540. The first-order valence-electron chi connectivity index (χ1n) is 9.51. The van der Waals surface area contributed by atoms with Crippen LogP contribution in [0.15, 0.2) is 52.1 Å². The largest absolute Gasteiger partial charge is 0.503 e. The van der Waals surface area contributed by atoms with Crippen LogP contribution in [-0.2, 0) is 11.2 Å². The molecule has 0 saturated heterocycles. The SMILES string of the molecule is COC1CCc2ccc(-c3[nH]c4cc(C)c(-c5cnco5)cc4c(=O)c3O)cc21. The van der Waals surface area contributed by atoms with Gasteiger partial charge in [0.15, 0.2) is 17.9 Å². The van der Waals surface area contributed by atoms with Crippen LogP contribution in [0.25, 0.3) is 33.5 Å². The molecule has 0 bridgehead atoms. The first-order valence-corrected chi connectivity index (χ1v) is 9.51. The van der Waals surface area contributed by atoms with E-state index in [9.17, 15) is 9.90 Å². The number of ether oxygens (including phenoxy) is 1. The lowest BCUT2D eigenvalue weighted by molar-refractivity contribution is 0.105. The number of nitrogens with zero attached hydrogens (tertiary/aromatic N) is 1. The van der Waals surface area contributed by atoms with Gasteiger partial charge in [0, 0.05) is 18.2 Å². The standard InChI is InChI=1S/C23H20N2O4/c1-12-7-18-17(9-15(12)20-10-24-11-29-20)22(26)23(27)21(25-18)14-4-3-13-5-6-19(28-2)16(13)8-14/h3-4,7-11,19,27H,5-6H2,1-2H3,(H,25,26). The fourth-order valence-electron chi connectivity index (χ4n) is 4.22. The maximum Gasteiger partial charge on any atom is 0.231 e. The minimum atomic E-state index is -0.418. The first-order chi connectivity index (χ1) is 14.1. The lowest BCUT2D eigenvalue weighted by Crippen LogP contribution is -2.06. The van der Waals surface area contributed by atoms with Gasteiger partial charge >= 0.3 is 0 Å². The van der Waals surface area contributed by atoms with E-state index in [0.717, 1.165) is 35.1 Å². The summed E-state index contributed by atoms with van der Waals surface area (Å²) in [6.45, 7) is 1.95. The highest BCUT2D eigenvalue weighted by molar-refractivity contribution is 5.89. The molecule has 5 rings (SSSR count). The molecule has 1 aliphatic carbocycles. The minimum absolute atomic E-state index is 0.0472. The van der Waals surface area contributed by atoms with Crippen molar-refractivity contribution in [2.45, 2.75) is 25.9 Å².